The molecule has 1 N–H and O–H groups in total. The van der Waals surface area contributed by atoms with Crippen molar-refractivity contribution in [3.8, 4) is 0 Å². The van der Waals surface area contributed by atoms with Crippen LogP contribution in [0.3, 0.4) is 0 Å². The summed E-state index contributed by atoms with van der Waals surface area (Å²) in [6.45, 7) is 5.98. The topological polar surface area (TPSA) is 59.8 Å². The lowest BCUT2D eigenvalue weighted by molar-refractivity contribution is 0.516. The molecule has 158 valence electrons. The molecule has 0 atom stereocenters. The molecule has 0 aliphatic heterocycles. The second kappa shape index (κ2) is 8.98. The summed E-state index contributed by atoms with van der Waals surface area (Å²) in [5.41, 5.74) is 2.47. The van der Waals surface area contributed by atoms with Crippen LogP contribution in [0.2, 0.25) is 5.02 Å². The second-order valence-corrected chi connectivity index (χ2v) is 9.99. The van der Waals surface area contributed by atoms with Gasteiger partial charge in [0.1, 0.15) is 10.7 Å². The Bertz CT molecular complexity index is 1120. The lowest BCUT2D eigenvalue weighted by atomic mass is 10.0. The van der Waals surface area contributed by atoms with Crippen molar-refractivity contribution in [2.24, 2.45) is 0 Å². The number of nitrogens with zero attached hydrogens (tertiary/aromatic N) is 3. The van der Waals surface area contributed by atoms with Gasteiger partial charge in [0.2, 0.25) is 5.95 Å². The van der Waals surface area contributed by atoms with Crippen molar-refractivity contribution in [2.75, 3.05) is 5.32 Å². The number of rotatable bonds is 5. The van der Waals surface area contributed by atoms with Crippen molar-refractivity contribution >= 4 is 46.0 Å². The van der Waals surface area contributed by atoms with Gasteiger partial charge in [-0.1, -0.05) is 30.9 Å². The highest BCUT2D eigenvalue weighted by molar-refractivity contribution is 8.00. The molecule has 3 aromatic rings. The Morgan fingerprint density at radius 2 is 1.97 bits per heavy atom. The number of halogens is 1. The zero-order valence-electron chi connectivity index (χ0n) is 17.6. The fourth-order valence-electron chi connectivity index (χ4n) is 3.97. The first-order chi connectivity index (χ1) is 14.4. The molecular formula is C23H27ClN4OS. The number of benzene rings is 1. The molecule has 2 heterocycles. The molecule has 4 rings (SSSR count). The van der Waals surface area contributed by atoms with Crippen LogP contribution in [0, 0.1) is 6.92 Å². The molecule has 0 unspecified atom stereocenters. The van der Waals surface area contributed by atoms with Crippen LogP contribution >= 0.6 is 23.4 Å². The normalized spacial score (nSPS) is 15.1. The minimum atomic E-state index is -0.232. The van der Waals surface area contributed by atoms with Crippen LogP contribution in [0.4, 0.5) is 11.6 Å². The number of pyridine rings is 1. The molecule has 1 aromatic carbocycles. The van der Waals surface area contributed by atoms with E-state index in [4.69, 9.17) is 11.6 Å². The molecule has 0 bridgehead atoms. The fraction of sp³-hybridized carbons (Fsp3) is 0.435. The highest BCUT2D eigenvalue weighted by Gasteiger charge is 2.16. The van der Waals surface area contributed by atoms with Crippen LogP contribution in [0.5, 0.6) is 0 Å². The van der Waals surface area contributed by atoms with Crippen LogP contribution in [0.25, 0.3) is 11.0 Å². The summed E-state index contributed by atoms with van der Waals surface area (Å²) < 4.78 is 1.61. The van der Waals surface area contributed by atoms with Gasteiger partial charge in [-0.05, 0) is 63.4 Å². The van der Waals surface area contributed by atoms with Crippen LogP contribution < -0.4 is 10.9 Å². The van der Waals surface area contributed by atoms with E-state index < -0.39 is 0 Å². The van der Waals surface area contributed by atoms with Gasteiger partial charge in [-0.15, -0.1) is 11.8 Å². The largest absolute Gasteiger partial charge is 0.324 e. The number of hydrogen-bond acceptors (Lipinski definition) is 5. The van der Waals surface area contributed by atoms with Gasteiger partial charge in [0.25, 0.3) is 5.56 Å². The van der Waals surface area contributed by atoms with Crippen molar-refractivity contribution < 1.29 is 0 Å². The smallest absolute Gasteiger partial charge is 0.271 e. The lowest BCUT2D eigenvalue weighted by Crippen LogP contribution is -2.23. The summed E-state index contributed by atoms with van der Waals surface area (Å²) >= 11 is 8.10. The number of fused-ring (bicyclic) bond motifs is 1. The molecule has 5 nitrogen and oxygen atoms in total. The molecule has 0 amide bonds. The van der Waals surface area contributed by atoms with Crippen molar-refractivity contribution in [3.63, 3.8) is 0 Å². The first-order valence-corrected chi connectivity index (χ1v) is 11.8. The number of thioether (sulfide) groups is 1. The molecule has 0 spiro atoms. The molecule has 2 aromatic heterocycles. The molecule has 1 aliphatic carbocycles. The average Bonchev–Trinajstić information content (AvgIpc) is 2.72. The van der Waals surface area contributed by atoms with E-state index in [1.165, 1.54) is 37.0 Å². The Labute approximate surface area is 186 Å². The fourth-order valence-corrected chi connectivity index (χ4v) is 5.53. The van der Waals surface area contributed by atoms with Gasteiger partial charge in [-0.2, -0.15) is 4.98 Å². The van der Waals surface area contributed by atoms with Crippen molar-refractivity contribution in [3.05, 3.63) is 51.4 Å². The SMILES string of the molecule is Cc1cc(SC2CCCCC2)ccc1Nc1ncc2cc(Cl)c(=O)n(C(C)C)c2n1. The average molecular weight is 443 g/mol. The van der Waals surface area contributed by atoms with E-state index in [1.54, 1.807) is 16.8 Å². The van der Waals surface area contributed by atoms with Gasteiger partial charge in [0.05, 0.1) is 0 Å². The Balaban J connectivity index is 1.60. The van der Waals surface area contributed by atoms with Gasteiger partial charge < -0.3 is 5.32 Å². The van der Waals surface area contributed by atoms with Crippen molar-refractivity contribution in [2.45, 2.75) is 69.1 Å². The molecule has 0 saturated heterocycles. The summed E-state index contributed by atoms with van der Waals surface area (Å²) in [6.07, 6.45) is 8.41. The van der Waals surface area contributed by atoms with Gasteiger partial charge in [-0.25, -0.2) is 4.98 Å². The van der Waals surface area contributed by atoms with Crippen LogP contribution in [-0.2, 0) is 0 Å². The molecule has 30 heavy (non-hydrogen) atoms. The number of anilines is 2. The summed E-state index contributed by atoms with van der Waals surface area (Å²) in [5, 5.41) is 4.98. The first kappa shape index (κ1) is 21.2. The van der Waals surface area contributed by atoms with E-state index in [2.05, 4.69) is 40.4 Å². The zero-order chi connectivity index (χ0) is 21.3. The third kappa shape index (κ3) is 4.49. The Morgan fingerprint density at radius 3 is 2.67 bits per heavy atom. The van der Waals surface area contributed by atoms with E-state index in [0.717, 1.165) is 21.9 Å². The van der Waals surface area contributed by atoms with E-state index in [1.807, 2.05) is 25.6 Å². The third-order valence-corrected chi connectivity index (χ3v) is 7.15. The molecule has 1 aliphatic rings. The molecule has 0 radical (unpaired) electrons. The summed E-state index contributed by atoms with van der Waals surface area (Å²) in [4.78, 5) is 22.9. The van der Waals surface area contributed by atoms with E-state index >= 15 is 0 Å². The lowest BCUT2D eigenvalue weighted by Gasteiger charge is -2.21. The summed E-state index contributed by atoms with van der Waals surface area (Å²) in [6, 6.07) is 8.06. The molecule has 1 fully saturated rings. The quantitative estimate of drug-likeness (QED) is 0.488. The minimum Gasteiger partial charge on any atom is -0.324 e. The van der Waals surface area contributed by atoms with Crippen molar-refractivity contribution in [1.29, 1.82) is 0 Å². The first-order valence-electron chi connectivity index (χ1n) is 10.5. The van der Waals surface area contributed by atoms with Crippen molar-refractivity contribution in [1.82, 2.24) is 14.5 Å². The number of hydrogen-bond donors (Lipinski definition) is 1. The Morgan fingerprint density at radius 1 is 1.20 bits per heavy atom. The van der Waals surface area contributed by atoms with Gasteiger partial charge >= 0.3 is 0 Å². The predicted octanol–water partition coefficient (Wildman–Crippen LogP) is 6.50. The Kier molecular flexibility index (Phi) is 6.34. The number of aromatic nitrogens is 3. The van der Waals surface area contributed by atoms with E-state index in [9.17, 15) is 4.79 Å². The molecule has 1 saturated carbocycles. The monoisotopic (exact) mass is 442 g/mol. The maximum atomic E-state index is 12.5. The second-order valence-electron chi connectivity index (χ2n) is 8.21. The third-order valence-electron chi connectivity index (χ3n) is 5.55. The standard InChI is InChI=1S/C23H27ClN4OS/c1-14(2)28-21-16(12-19(24)22(28)29)13-25-23(27-21)26-20-10-9-18(11-15(20)3)30-17-7-5-4-6-8-17/h9-14,17H,4-8H2,1-3H3,(H,25,26,27). The Hall–Kier alpha value is -2.05. The van der Waals surface area contributed by atoms with Gasteiger partial charge in [0.15, 0.2) is 0 Å². The number of aryl methyl sites for hydroxylation is 1. The van der Waals surface area contributed by atoms with Crippen LogP contribution in [-0.4, -0.2) is 19.8 Å². The minimum absolute atomic E-state index is 0.0562. The van der Waals surface area contributed by atoms with Gasteiger partial charge in [-0.3, -0.25) is 9.36 Å². The summed E-state index contributed by atoms with van der Waals surface area (Å²) in [7, 11) is 0. The zero-order valence-corrected chi connectivity index (χ0v) is 19.2. The van der Waals surface area contributed by atoms with Gasteiger partial charge in [0, 0.05) is 33.5 Å². The highest BCUT2D eigenvalue weighted by atomic mass is 35.5. The predicted molar refractivity (Wildman–Crippen MR) is 126 cm³/mol. The maximum absolute atomic E-state index is 12.5. The molecule has 7 heteroatoms. The summed E-state index contributed by atoms with van der Waals surface area (Å²) in [5.74, 6) is 0.467. The highest BCUT2D eigenvalue weighted by Crippen LogP contribution is 2.35. The molecular weight excluding hydrogens is 416 g/mol. The van der Waals surface area contributed by atoms with Crippen LogP contribution in [0.1, 0.15) is 57.6 Å². The maximum Gasteiger partial charge on any atom is 0.271 e. The van der Waals surface area contributed by atoms with Crippen LogP contribution in [0.15, 0.2) is 40.2 Å². The van der Waals surface area contributed by atoms with E-state index in [-0.39, 0.29) is 16.6 Å². The number of nitrogens with one attached hydrogen (secondary N) is 1. The van der Waals surface area contributed by atoms with E-state index in [0.29, 0.717) is 11.6 Å².